The van der Waals surface area contributed by atoms with Crippen LogP contribution in [-0.2, 0) is 0 Å². The number of halogens is 4. The van der Waals surface area contributed by atoms with Gasteiger partial charge in [-0.3, -0.25) is 4.98 Å². The van der Waals surface area contributed by atoms with Crippen molar-refractivity contribution in [3.63, 3.8) is 0 Å². The van der Waals surface area contributed by atoms with Crippen molar-refractivity contribution < 1.29 is 22.3 Å². The van der Waals surface area contributed by atoms with E-state index in [-0.39, 0.29) is 5.56 Å². The van der Waals surface area contributed by atoms with Crippen molar-refractivity contribution in [2.75, 3.05) is 19.1 Å². The van der Waals surface area contributed by atoms with Crippen molar-refractivity contribution in [2.45, 2.75) is 6.18 Å². The van der Waals surface area contributed by atoms with E-state index in [4.69, 9.17) is 0 Å². The van der Waals surface area contributed by atoms with Gasteiger partial charge in [-0.05, 0) is 6.07 Å². The van der Waals surface area contributed by atoms with E-state index in [9.17, 15) is 17.6 Å². The molecule has 0 aliphatic rings. The van der Waals surface area contributed by atoms with Crippen molar-refractivity contribution in [3.8, 4) is 17.1 Å². The second-order valence-electron chi connectivity index (χ2n) is 4.08. The maximum Gasteiger partial charge on any atom is 0.422 e. The standard InChI is InChI=1S/C12H11F4N5O/c1-17-21-10-5-18-9(4-19-10)7-2-8(13)11(20-3-7)22-6-12(14,15)16/h2-5,17H,6H2,1H3,(H,19,21). The third-order valence-corrected chi connectivity index (χ3v) is 2.38. The lowest BCUT2D eigenvalue weighted by molar-refractivity contribution is -0.154. The fourth-order valence-corrected chi connectivity index (χ4v) is 1.49. The van der Waals surface area contributed by atoms with Crippen molar-refractivity contribution in [3.05, 3.63) is 30.5 Å². The predicted octanol–water partition coefficient (Wildman–Crippen LogP) is 2.17. The first kappa shape index (κ1) is 15.9. The third kappa shape index (κ3) is 4.25. The number of aromatic nitrogens is 3. The molecule has 2 heterocycles. The molecule has 0 fully saturated rings. The Morgan fingerprint density at radius 1 is 1.14 bits per heavy atom. The first-order valence-corrected chi connectivity index (χ1v) is 5.99. The van der Waals surface area contributed by atoms with Gasteiger partial charge in [0.2, 0.25) is 0 Å². The van der Waals surface area contributed by atoms with Gasteiger partial charge in [-0.1, -0.05) is 0 Å². The van der Waals surface area contributed by atoms with Gasteiger partial charge in [0.15, 0.2) is 18.2 Å². The van der Waals surface area contributed by atoms with Crippen LogP contribution in [0.3, 0.4) is 0 Å². The predicted molar refractivity (Wildman–Crippen MR) is 69.5 cm³/mol. The lowest BCUT2D eigenvalue weighted by Gasteiger charge is -2.09. The fourth-order valence-electron chi connectivity index (χ4n) is 1.49. The van der Waals surface area contributed by atoms with Crippen LogP contribution in [0.1, 0.15) is 0 Å². The van der Waals surface area contributed by atoms with Crippen LogP contribution in [0.5, 0.6) is 5.88 Å². The summed E-state index contributed by atoms with van der Waals surface area (Å²) in [7, 11) is 1.65. The minimum Gasteiger partial charge on any atom is -0.466 e. The molecule has 2 aromatic heterocycles. The van der Waals surface area contributed by atoms with Crippen molar-refractivity contribution in [1.82, 2.24) is 20.4 Å². The van der Waals surface area contributed by atoms with E-state index in [1.165, 1.54) is 12.4 Å². The van der Waals surface area contributed by atoms with Crippen LogP contribution in [0.4, 0.5) is 23.4 Å². The molecule has 0 spiro atoms. The summed E-state index contributed by atoms with van der Waals surface area (Å²) in [6.07, 6.45) is -0.636. The maximum atomic E-state index is 13.7. The van der Waals surface area contributed by atoms with E-state index in [0.29, 0.717) is 11.5 Å². The smallest absolute Gasteiger partial charge is 0.422 e. The second-order valence-corrected chi connectivity index (χ2v) is 4.08. The maximum absolute atomic E-state index is 13.7. The van der Waals surface area contributed by atoms with Crippen LogP contribution in [-0.4, -0.2) is 34.8 Å². The highest BCUT2D eigenvalue weighted by atomic mass is 19.4. The Labute approximate surface area is 122 Å². The van der Waals surface area contributed by atoms with Crippen LogP contribution in [0.15, 0.2) is 24.7 Å². The molecule has 0 bridgehead atoms. The average molecular weight is 317 g/mol. The number of pyridine rings is 1. The first-order valence-electron chi connectivity index (χ1n) is 5.99. The number of rotatable bonds is 5. The minimum atomic E-state index is -4.56. The van der Waals surface area contributed by atoms with E-state index in [1.807, 2.05) is 0 Å². The summed E-state index contributed by atoms with van der Waals surface area (Å²) in [4.78, 5) is 11.6. The van der Waals surface area contributed by atoms with Gasteiger partial charge in [0.25, 0.3) is 5.88 Å². The quantitative estimate of drug-likeness (QED) is 0.650. The molecule has 0 amide bonds. The first-order chi connectivity index (χ1) is 10.4. The number of alkyl halides is 3. The lowest BCUT2D eigenvalue weighted by Crippen LogP contribution is -2.20. The normalized spacial score (nSPS) is 11.3. The molecule has 0 saturated carbocycles. The van der Waals surface area contributed by atoms with Gasteiger partial charge in [0.05, 0.1) is 18.1 Å². The molecular formula is C12H11F4N5O. The highest BCUT2D eigenvalue weighted by Gasteiger charge is 2.29. The van der Waals surface area contributed by atoms with Gasteiger partial charge in [-0.25, -0.2) is 19.8 Å². The highest BCUT2D eigenvalue weighted by Crippen LogP contribution is 2.23. The molecule has 2 rings (SSSR count). The van der Waals surface area contributed by atoms with Gasteiger partial charge >= 0.3 is 6.18 Å². The molecule has 0 aromatic carbocycles. The van der Waals surface area contributed by atoms with E-state index in [1.54, 1.807) is 7.05 Å². The van der Waals surface area contributed by atoms with Crippen LogP contribution in [0, 0.1) is 5.82 Å². The summed E-state index contributed by atoms with van der Waals surface area (Å²) in [6, 6.07) is 0.980. The van der Waals surface area contributed by atoms with E-state index in [0.717, 1.165) is 12.3 Å². The summed E-state index contributed by atoms with van der Waals surface area (Å²) in [5.74, 6) is -1.28. The molecule has 118 valence electrons. The molecule has 6 nitrogen and oxygen atoms in total. The van der Waals surface area contributed by atoms with Gasteiger partial charge in [-0.2, -0.15) is 13.2 Å². The Morgan fingerprint density at radius 3 is 2.45 bits per heavy atom. The zero-order valence-electron chi connectivity index (χ0n) is 11.3. The number of anilines is 1. The van der Waals surface area contributed by atoms with Gasteiger partial charge < -0.3 is 10.2 Å². The molecule has 0 radical (unpaired) electrons. The average Bonchev–Trinajstić information content (AvgIpc) is 2.46. The van der Waals surface area contributed by atoms with Crippen molar-refractivity contribution in [1.29, 1.82) is 0 Å². The molecule has 2 aromatic rings. The van der Waals surface area contributed by atoms with Crippen LogP contribution >= 0.6 is 0 Å². The second kappa shape index (κ2) is 6.52. The Bertz CT molecular complexity index is 632. The van der Waals surface area contributed by atoms with Gasteiger partial charge in [-0.15, -0.1) is 0 Å². The SMILES string of the molecule is CNNc1cnc(-c2cnc(OCC(F)(F)F)c(F)c2)cn1. The summed E-state index contributed by atoms with van der Waals surface area (Å²) in [5.41, 5.74) is 5.93. The van der Waals surface area contributed by atoms with Crippen molar-refractivity contribution >= 4 is 5.82 Å². The van der Waals surface area contributed by atoms with Gasteiger partial charge in [0.1, 0.15) is 0 Å². The van der Waals surface area contributed by atoms with Crippen LogP contribution in [0.25, 0.3) is 11.3 Å². The molecule has 0 aliphatic heterocycles. The summed E-state index contributed by atoms with van der Waals surface area (Å²) >= 11 is 0. The molecule has 10 heteroatoms. The topological polar surface area (TPSA) is 72.0 Å². The third-order valence-electron chi connectivity index (χ3n) is 2.38. The Balaban J connectivity index is 2.14. The van der Waals surface area contributed by atoms with Crippen LogP contribution < -0.4 is 15.6 Å². The summed E-state index contributed by atoms with van der Waals surface area (Å²) in [6.45, 7) is -1.61. The Hall–Kier alpha value is -2.49. The zero-order valence-corrected chi connectivity index (χ0v) is 11.3. The number of nitrogens with one attached hydrogen (secondary N) is 2. The Morgan fingerprint density at radius 2 is 1.91 bits per heavy atom. The molecular weight excluding hydrogens is 306 g/mol. The zero-order chi connectivity index (χ0) is 16.2. The number of ether oxygens (including phenoxy) is 1. The van der Waals surface area contributed by atoms with E-state index >= 15 is 0 Å². The van der Waals surface area contributed by atoms with Crippen molar-refractivity contribution in [2.24, 2.45) is 0 Å². The monoisotopic (exact) mass is 317 g/mol. The molecule has 2 N–H and O–H groups in total. The Kier molecular flexibility index (Phi) is 4.71. The van der Waals surface area contributed by atoms with E-state index < -0.39 is 24.5 Å². The highest BCUT2D eigenvalue weighted by molar-refractivity contribution is 5.58. The largest absolute Gasteiger partial charge is 0.466 e. The van der Waals surface area contributed by atoms with Gasteiger partial charge in [0, 0.05) is 18.8 Å². The molecule has 22 heavy (non-hydrogen) atoms. The summed E-state index contributed by atoms with van der Waals surface area (Å²) in [5, 5.41) is 0. The number of hydrogen-bond acceptors (Lipinski definition) is 6. The van der Waals surface area contributed by atoms with Crippen LogP contribution in [0.2, 0.25) is 0 Å². The van der Waals surface area contributed by atoms with E-state index in [2.05, 4.69) is 30.5 Å². The molecule has 0 atom stereocenters. The number of hydrazine groups is 1. The molecule has 0 saturated heterocycles. The number of nitrogens with zero attached hydrogens (tertiary/aromatic N) is 3. The lowest BCUT2D eigenvalue weighted by atomic mass is 10.2. The molecule has 0 aliphatic carbocycles. The minimum absolute atomic E-state index is 0.264. The summed E-state index contributed by atoms with van der Waals surface area (Å²) < 4.78 is 54.0. The molecule has 0 unspecified atom stereocenters. The fraction of sp³-hybridized carbons (Fsp3) is 0.250. The number of hydrogen-bond donors (Lipinski definition) is 2.